The van der Waals surface area contributed by atoms with Crippen molar-refractivity contribution in [1.29, 1.82) is 0 Å². The van der Waals surface area contributed by atoms with Crippen LogP contribution in [0, 0.1) is 5.92 Å². The van der Waals surface area contributed by atoms with E-state index in [0.717, 1.165) is 50.0 Å². The Bertz CT molecular complexity index is 725. The van der Waals surface area contributed by atoms with E-state index in [9.17, 15) is 0 Å². The highest BCUT2D eigenvalue weighted by Gasteiger charge is 2.19. The summed E-state index contributed by atoms with van der Waals surface area (Å²) in [6.07, 6.45) is 1.14. The number of guanidine groups is 1. The van der Waals surface area contributed by atoms with Crippen LogP contribution in [0.15, 0.2) is 59.6 Å². The third-order valence-corrected chi connectivity index (χ3v) is 4.84. The minimum atomic E-state index is 0.572. The number of rotatable bonds is 8. The zero-order valence-corrected chi connectivity index (χ0v) is 16.9. The molecule has 2 aromatic carbocycles. The van der Waals surface area contributed by atoms with Crippen LogP contribution in [0.3, 0.4) is 0 Å². The number of hydrogen-bond donors (Lipinski definition) is 1. The first-order chi connectivity index (χ1) is 13.7. The molecule has 1 aliphatic heterocycles. The van der Waals surface area contributed by atoms with Crippen molar-refractivity contribution in [1.82, 2.24) is 10.2 Å². The second kappa shape index (κ2) is 10.7. The zero-order chi connectivity index (χ0) is 19.6. The van der Waals surface area contributed by atoms with Crippen LogP contribution in [0.1, 0.15) is 24.5 Å². The van der Waals surface area contributed by atoms with E-state index in [1.165, 1.54) is 5.56 Å². The van der Waals surface area contributed by atoms with Crippen molar-refractivity contribution in [3.63, 3.8) is 0 Å². The van der Waals surface area contributed by atoms with Gasteiger partial charge in [-0.2, -0.15) is 0 Å². The summed E-state index contributed by atoms with van der Waals surface area (Å²) in [5.74, 6) is 2.44. The predicted octanol–water partition coefficient (Wildman–Crippen LogP) is 3.70. The largest absolute Gasteiger partial charge is 0.489 e. The molecule has 1 fully saturated rings. The first kappa shape index (κ1) is 20.2. The summed E-state index contributed by atoms with van der Waals surface area (Å²) in [5.41, 5.74) is 2.35. The van der Waals surface area contributed by atoms with Crippen molar-refractivity contribution in [2.75, 3.05) is 33.4 Å². The third-order valence-electron chi connectivity index (χ3n) is 4.84. The Hall–Kier alpha value is -2.53. The van der Waals surface area contributed by atoms with Crippen molar-refractivity contribution in [3.05, 3.63) is 65.7 Å². The van der Waals surface area contributed by atoms with Gasteiger partial charge in [0.2, 0.25) is 0 Å². The van der Waals surface area contributed by atoms with Gasteiger partial charge >= 0.3 is 0 Å². The fourth-order valence-corrected chi connectivity index (χ4v) is 3.26. The molecule has 0 aliphatic carbocycles. The number of nitrogens with zero attached hydrogens (tertiary/aromatic N) is 2. The molecule has 5 heteroatoms. The van der Waals surface area contributed by atoms with Crippen molar-refractivity contribution in [3.8, 4) is 5.75 Å². The lowest BCUT2D eigenvalue weighted by atomic mass is 10.1. The van der Waals surface area contributed by atoms with Gasteiger partial charge in [0, 0.05) is 32.7 Å². The molecule has 150 valence electrons. The predicted molar refractivity (Wildman–Crippen MR) is 114 cm³/mol. The molecule has 3 rings (SSSR count). The second-order valence-corrected chi connectivity index (χ2v) is 7.20. The van der Waals surface area contributed by atoms with E-state index in [1.807, 2.05) is 30.3 Å². The molecule has 0 spiro atoms. The number of para-hydroxylation sites is 1. The zero-order valence-electron chi connectivity index (χ0n) is 16.9. The van der Waals surface area contributed by atoms with Gasteiger partial charge in [0.15, 0.2) is 5.96 Å². The van der Waals surface area contributed by atoms with Crippen LogP contribution in [0.2, 0.25) is 0 Å². The number of nitrogens with one attached hydrogen (secondary N) is 1. The fourth-order valence-electron chi connectivity index (χ4n) is 3.26. The lowest BCUT2D eigenvalue weighted by Gasteiger charge is -2.24. The summed E-state index contributed by atoms with van der Waals surface area (Å²) in [6, 6.07) is 18.4. The monoisotopic (exact) mass is 381 g/mol. The van der Waals surface area contributed by atoms with E-state index >= 15 is 0 Å². The maximum atomic E-state index is 5.80. The van der Waals surface area contributed by atoms with Gasteiger partial charge in [-0.15, -0.1) is 0 Å². The second-order valence-electron chi connectivity index (χ2n) is 7.20. The Labute approximate surface area is 168 Å². The Balaban J connectivity index is 1.53. The summed E-state index contributed by atoms with van der Waals surface area (Å²) >= 11 is 0. The average Bonchev–Trinajstić information content (AvgIpc) is 3.24. The summed E-state index contributed by atoms with van der Waals surface area (Å²) < 4.78 is 11.3. The van der Waals surface area contributed by atoms with E-state index in [1.54, 1.807) is 0 Å². The Morgan fingerprint density at radius 2 is 1.89 bits per heavy atom. The van der Waals surface area contributed by atoms with Crippen LogP contribution in [0.5, 0.6) is 5.75 Å². The molecule has 1 saturated heterocycles. The molecule has 2 aromatic rings. The van der Waals surface area contributed by atoms with E-state index in [2.05, 4.69) is 48.5 Å². The normalized spacial score (nSPS) is 16.8. The van der Waals surface area contributed by atoms with Gasteiger partial charge in [0.25, 0.3) is 0 Å². The van der Waals surface area contributed by atoms with E-state index in [4.69, 9.17) is 14.5 Å². The minimum absolute atomic E-state index is 0.572. The highest BCUT2D eigenvalue weighted by molar-refractivity contribution is 5.79. The summed E-state index contributed by atoms with van der Waals surface area (Å²) in [6.45, 7) is 6.91. The summed E-state index contributed by atoms with van der Waals surface area (Å²) in [4.78, 5) is 7.02. The maximum absolute atomic E-state index is 5.80. The molecule has 0 bridgehead atoms. The average molecular weight is 382 g/mol. The molecule has 5 nitrogen and oxygen atoms in total. The van der Waals surface area contributed by atoms with Gasteiger partial charge in [-0.3, -0.25) is 0 Å². The SMILES string of the molecule is CCNC(=NCc1ccc(COc2ccccc2)cc1)N(C)CC1CCOC1. The van der Waals surface area contributed by atoms with Crippen molar-refractivity contribution in [2.45, 2.75) is 26.5 Å². The highest BCUT2D eigenvalue weighted by Crippen LogP contribution is 2.14. The number of aliphatic imine (C=N–C) groups is 1. The van der Waals surface area contributed by atoms with Gasteiger partial charge in [-0.05, 0) is 36.6 Å². The molecule has 0 aromatic heterocycles. The number of hydrogen-bond acceptors (Lipinski definition) is 3. The first-order valence-corrected chi connectivity index (χ1v) is 10.1. The van der Waals surface area contributed by atoms with Gasteiger partial charge in [-0.25, -0.2) is 4.99 Å². The summed E-state index contributed by atoms with van der Waals surface area (Å²) in [7, 11) is 2.10. The first-order valence-electron chi connectivity index (χ1n) is 10.1. The van der Waals surface area contributed by atoms with Gasteiger partial charge in [0.05, 0.1) is 13.2 Å². The van der Waals surface area contributed by atoms with Crippen LogP contribution in [-0.2, 0) is 17.9 Å². The molecule has 1 heterocycles. The van der Waals surface area contributed by atoms with Crippen LogP contribution >= 0.6 is 0 Å². The topological polar surface area (TPSA) is 46.1 Å². The molecule has 0 radical (unpaired) electrons. The lowest BCUT2D eigenvalue weighted by Crippen LogP contribution is -2.41. The molecule has 1 N–H and O–H groups in total. The fraction of sp³-hybridized carbons (Fsp3) is 0.435. The van der Waals surface area contributed by atoms with Gasteiger partial charge < -0.3 is 19.7 Å². The molecule has 1 unspecified atom stereocenters. The molecule has 0 amide bonds. The number of benzene rings is 2. The molecular weight excluding hydrogens is 350 g/mol. The number of ether oxygens (including phenoxy) is 2. The van der Waals surface area contributed by atoms with Crippen LogP contribution < -0.4 is 10.1 Å². The van der Waals surface area contributed by atoms with Gasteiger partial charge in [-0.1, -0.05) is 42.5 Å². The molecule has 1 aliphatic rings. The minimum Gasteiger partial charge on any atom is -0.489 e. The van der Waals surface area contributed by atoms with E-state index in [-0.39, 0.29) is 0 Å². The van der Waals surface area contributed by atoms with Crippen LogP contribution in [-0.4, -0.2) is 44.2 Å². The molecule has 0 saturated carbocycles. The van der Waals surface area contributed by atoms with Crippen LogP contribution in [0.4, 0.5) is 0 Å². The quantitative estimate of drug-likeness (QED) is 0.559. The standard InChI is InChI=1S/C23H31N3O2/c1-3-24-23(26(2)16-21-13-14-27-17-21)25-15-19-9-11-20(12-10-19)18-28-22-7-5-4-6-8-22/h4-12,21H,3,13-18H2,1-2H3,(H,24,25). The molecule has 1 atom stereocenters. The molecule has 28 heavy (non-hydrogen) atoms. The van der Waals surface area contributed by atoms with Crippen molar-refractivity contribution in [2.24, 2.45) is 10.9 Å². The smallest absolute Gasteiger partial charge is 0.193 e. The lowest BCUT2D eigenvalue weighted by molar-refractivity contribution is 0.181. The van der Waals surface area contributed by atoms with Crippen molar-refractivity contribution >= 4 is 5.96 Å². The van der Waals surface area contributed by atoms with Crippen molar-refractivity contribution < 1.29 is 9.47 Å². The van der Waals surface area contributed by atoms with E-state index in [0.29, 0.717) is 19.1 Å². The van der Waals surface area contributed by atoms with Crippen LogP contribution in [0.25, 0.3) is 0 Å². The summed E-state index contributed by atoms with van der Waals surface area (Å²) in [5, 5.41) is 3.39. The Morgan fingerprint density at radius 1 is 1.14 bits per heavy atom. The van der Waals surface area contributed by atoms with E-state index < -0.39 is 0 Å². The highest BCUT2D eigenvalue weighted by atomic mass is 16.5. The Kier molecular flexibility index (Phi) is 7.73. The third kappa shape index (κ3) is 6.27. The maximum Gasteiger partial charge on any atom is 0.193 e. The van der Waals surface area contributed by atoms with Gasteiger partial charge in [0.1, 0.15) is 12.4 Å². The Morgan fingerprint density at radius 3 is 2.57 bits per heavy atom. The molecular formula is C23H31N3O2.